The summed E-state index contributed by atoms with van der Waals surface area (Å²) in [6, 6.07) is 1.72. The van der Waals surface area contributed by atoms with E-state index in [0.29, 0.717) is 13.2 Å². The van der Waals surface area contributed by atoms with Gasteiger partial charge in [-0.05, 0) is 38.7 Å². The second-order valence-corrected chi connectivity index (χ2v) is 7.05. The summed E-state index contributed by atoms with van der Waals surface area (Å²) in [5.41, 5.74) is 7.21. The van der Waals surface area contributed by atoms with Crippen molar-refractivity contribution in [1.29, 1.82) is 0 Å². The lowest BCUT2D eigenvalue weighted by atomic mass is 9.98. The molecular weight excluding hydrogens is 334 g/mol. The Kier molecular flexibility index (Phi) is 6.26. The quantitative estimate of drug-likeness (QED) is 0.862. The van der Waals surface area contributed by atoms with Crippen LogP contribution in [0, 0.1) is 6.92 Å². The molecule has 2 saturated heterocycles. The molecule has 0 aliphatic carbocycles. The molecule has 2 atom stereocenters. The summed E-state index contributed by atoms with van der Waals surface area (Å²) in [5.74, 6) is 0.787. The maximum absolute atomic E-state index is 12.0. The summed E-state index contributed by atoms with van der Waals surface area (Å²) < 4.78 is 11.0. The van der Waals surface area contributed by atoms with Gasteiger partial charge in [0.15, 0.2) is 0 Å². The number of rotatable bonds is 4. The first-order valence-corrected chi connectivity index (χ1v) is 9.35. The lowest BCUT2D eigenvalue weighted by Crippen LogP contribution is -2.56. The van der Waals surface area contributed by atoms with E-state index in [9.17, 15) is 4.79 Å². The van der Waals surface area contributed by atoms with Gasteiger partial charge >= 0.3 is 6.09 Å². The number of hydrogen-bond donors (Lipinski definition) is 1. The zero-order chi connectivity index (χ0) is 18.5. The van der Waals surface area contributed by atoms with E-state index in [1.54, 1.807) is 11.1 Å². The van der Waals surface area contributed by atoms with Gasteiger partial charge < -0.3 is 25.0 Å². The van der Waals surface area contributed by atoms with Crippen LogP contribution in [0.3, 0.4) is 0 Å². The van der Waals surface area contributed by atoms with Gasteiger partial charge in [0.1, 0.15) is 0 Å². The van der Waals surface area contributed by atoms with Crippen molar-refractivity contribution in [1.82, 2.24) is 14.9 Å². The molecule has 0 saturated carbocycles. The number of nitrogens with zero attached hydrogens (tertiary/aromatic N) is 4. The second-order valence-electron chi connectivity index (χ2n) is 7.05. The lowest BCUT2D eigenvalue weighted by Gasteiger charge is -2.40. The highest BCUT2D eigenvalue weighted by molar-refractivity contribution is 5.68. The molecular formula is C18H29N5O3. The molecule has 2 N–H and O–H groups in total. The maximum Gasteiger partial charge on any atom is 0.409 e. The van der Waals surface area contributed by atoms with Crippen LogP contribution in [0.1, 0.15) is 31.4 Å². The van der Waals surface area contributed by atoms with Crippen LogP contribution in [-0.2, 0) is 9.47 Å². The number of carbonyl (C=O) groups excluding carboxylic acids is 1. The maximum atomic E-state index is 12.0. The Hall–Kier alpha value is -1.93. The average Bonchev–Trinajstić information content (AvgIpc) is 2.66. The summed E-state index contributed by atoms with van der Waals surface area (Å²) in [4.78, 5) is 24.7. The molecule has 1 amide bonds. The highest BCUT2D eigenvalue weighted by Gasteiger charge is 2.34. The molecule has 0 spiro atoms. The van der Waals surface area contributed by atoms with E-state index in [2.05, 4.69) is 14.9 Å². The molecule has 1 aromatic heterocycles. The first-order chi connectivity index (χ1) is 12.6. The van der Waals surface area contributed by atoms with Gasteiger partial charge in [-0.25, -0.2) is 14.8 Å². The molecule has 2 aliphatic heterocycles. The normalized spacial score (nSPS) is 24.6. The monoisotopic (exact) mass is 363 g/mol. The molecule has 26 heavy (non-hydrogen) atoms. The fourth-order valence-electron chi connectivity index (χ4n) is 3.69. The van der Waals surface area contributed by atoms with E-state index < -0.39 is 0 Å². The lowest BCUT2D eigenvalue weighted by molar-refractivity contribution is -0.0164. The number of aryl methyl sites for hydroxylation is 1. The summed E-state index contributed by atoms with van der Waals surface area (Å²) >= 11 is 0. The number of nitrogens with two attached hydrogens (primary N) is 1. The molecule has 3 rings (SSSR count). The minimum absolute atomic E-state index is 0.0661. The van der Waals surface area contributed by atoms with Crippen LogP contribution in [-0.4, -0.2) is 72.5 Å². The van der Waals surface area contributed by atoms with Crippen molar-refractivity contribution < 1.29 is 14.3 Å². The molecule has 1 unspecified atom stereocenters. The number of carbonyl (C=O) groups is 1. The van der Waals surface area contributed by atoms with Crippen LogP contribution in [0.25, 0.3) is 0 Å². The zero-order valence-electron chi connectivity index (χ0n) is 15.6. The first-order valence-electron chi connectivity index (χ1n) is 9.35. The van der Waals surface area contributed by atoms with Gasteiger partial charge in [-0.15, -0.1) is 0 Å². The van der Waals surface area contributed by atoms with Crippen LogP contribution >= 0.6 is 0 Å². The van der Waals surface area contributed by atoms with Crippen molar-refractivity contribution in [3.63, 3.8) is 0 Å². The zero-order valence-corrected chi connectivity index (χ0v) is 15.6. The Bertz CT molecular complexity index is 606. The molecule has 2 aliphatic rings. The van der Waals surface area contributed by atoms with E-state index >= 15 is 0 Å². The number of aromatic nitrogens is 2. The number of likely N-dealkylation sites (tertiary alicyclic amines) is 1. The van der Waals surface area contributed by atoms with Crippen LogP contribution in [0.2, 0.25) is 0 Å². The summed E-state index contributed by atoms with van der Waals surface area (Å²) in [7, 11) is 1.41. The predicted octanol–water partition coefficient (Wildman–Crippen LogP) is 1.33. The fraction of sp³-hybridized carbons (Fsp3) is 0.722. The van der Waals surface area contributed by atoms with Crippen molar-refractivity contribution in [2.75, 3.05) is 38.3 Å². The van der Waals surface area contributed by atoms with Crippen LogP contribution < -0.4 is 10.6 Å². The summed E-state index contributed by atoms with van der Waals surface area (Å²) in [6.07, 6.45) is 5.29. The second kappa shape index (κ2) is 8.64. The minimum Gasteiger partial charge on any atom is -0.453 e. The number of hydrogen-bond acceptors (Lipinski definition) is 7. The highest BCUT2D eigenvalue weighted by Crippen LogP contribution is 2.22. The number of methoxy groups -OCH3 is 1. The fourth-order valence-corrected chi connectivity index (χ4v) is 3.69. The third-order valence-electron chi connectivity index (χ3n) is 5.25. The Morgan fingerprint density at radius 2 is 2.08 bits per heavy atom. The molecule has 1 aromatic rings. The Morgan fingerprint density at radius 1 is 1.31 bits per heavy atom. The molecule has 2 fully saturated rings. The van der Waals surface area contributed by atoms with Crippen LogP contribution in [0.4, 0.5) is 10.7 Å². The van der Waals surface area contributed by atoms with Crippen LogP contribution in [0.5, 0.6) is 0 Å². The number of anilines is 1. The predicted molar refractivity (Wildman–Crippen MR) is 98.1 cm³/mol. The molecule has 144 valence electrons. The van der Waals surface area contributed by atoms with Gasteiger partial charge in [-0.1, -0.05) is 0 Å². The van der Waals surface area contributed by atoms with Gasteiger partial charge in [0.25, 0.3) is 0 Å². The Morgan fingerprint density at radius 3 is 2.77 bits per heavy atom. The minimum atomic E-state index is -0.319. The molecule has 8 nitrogen and oxygen atoms in total. The number of amides is 1. The van der Waals surface area contributed by atoms with E-state index in [1.807, 2.05) is 13.0 Å². The molecule has 0 bridgehead atoms. The van der Waals surface area contributed by atoms with Crippen molar-refractivity contribution in [2.24, 2.45) is 5.73 Å². The topological polar surface area (TPSA) is 93.8 Å². The van der Waals surface area contributed by atoms with Gasteiger partial charge in [-0.2, -0.15) is 0 Å². The molecule has 0 aromatic carbocycles. The third-order valence-corrected chi connectivity index (χ3v) is 5.25. The largest absolute Gasteiger partial charge is 0.453 e. The molecule has 8 heteroatoms. The number of ether oxygens (including phenoxy) is 2. The van der Waals surface area contributed by atoms with Gasteiger partial charge in [0, 0.05) is 37.6 Å². The first kappa shape index (κ1) is 18.8. The average molecular weight is 363 g/mol. The highest BCUT2D eigenvalue weighted by atomic mass is 16.5. The van der Waals surface area contributed by atoms with E-state index in [4.69, 9.17) is 15.2 Å². The van der Waals surface area contributed by atoms with E-state index in [-0.39, 0.29) is 24.3 Å². The van der Waals surface area contributed by atoms with Crippen molar-refractivity contribution >= 4 is 12.0 Å². The van der Waals surface area contributed by atoms with Crippen molar-refractivity contribution in [3.8, 4) is 0 Å². The van der Waals surface area contributed by atoms with E-state index in [0.717, 1.165) is 50.4 Å². The van der Waals surface area contributed by atoms with Crippen molar-refractivity contribution in [3.05, 3.63) is 18.0 Å². The summed E-state index contributed by atoms with van der Waals surface area (Å²) in [6.45, 7) is 4.85. The third kappa shape index (κ3) is 4.42. The number of piperidine rings is 2. The van der Waals surface area contributed by atoms with Crippen molar-refractivity contribution in [2.45, 2.75) is 50.8 Å². The van der Waals surface area contributed by atoms with Gasteiger partial charge in [0.05, 0.1) is 25.9 Å². The Balaban J connectivity index is 1.50. The molecule has 0 radical (unpaired) electrons. The standard InChI is InChI=1S/C18H29N5O3/c1-13-5-8-20-17(21-13)22-10-6-14(7-11-22)26-12-16-15(19)4-3-9-23(16)18(24)25-2/h5,8,14-16H,3-4,6-7,9-12,19H2,1-2H3/t15?,16-/m0/s1. The van der Waals surface area contributed by atoms with Gasteiger partial charge in [0.2, 0.25) is 5.95 Å². The molecule has 3 heterocycles. The smallest absolute Gasteiger partial charge is 0.409 e. The summed E-state index contributed by atoms with van der Waals surface area (Å²) in [5, 5.41) is 0. The SMILES string of the molecule is COC(=O)N1CCCC(N)[C@@H]1COC1CCN(c2nccc(C)n2)CC1. The van der Waals surface area contributed by atoms with Crippen LogP contribution in [0.15, 0.2) is 12.3 Å². The van der Waals surface area contributed by atoms with Gasteiger partial charge in [-0.3, -0.25) is 0 Å². The van der Waals surface area contributed by atoms with E-state index in [1.165, 1.54) is 7.11 Å². The Labute approximate surface area is 154 Å².